The first kappa shape index (κ1) is 17.4. The fourth-order valence-corrected chi connectivity index (χ4v) is 3.32. The van der Waals surface area contributed by atoms with Gasteiger partial charge < -0.3 is 9.30 Å². The molecule has 0 amide bonds. The van der Waals surface area contributed by atoms with Crippen LogP contribution in [0.5, 0.6) is 0 Å². The van der Waals surface area contributed by atoms with Crippen LogP contribution >= 0.6 is 0 Å². The molecule has 5 heteroatoms. The molecule has 0 spiro atoms. The lowest BCUT2D eigenvalue weighted by molar-refractivity contribution is 0.181. The summed E-state index contributed by atoms with van der Waals surface area (Å²) in [5, 5.41) is 7.40. The van der Waals surface area contributed by atoms with E-state index in [1.165, 1.54) is 11.3 Å². The van der Waals surface area contributed by atoms with Crippen LogP contribution in [0.1, 0.15) is 49.7 Å². The Morgan fingerprint density at radius 1 is 1.24 bits per heavy atom. The van der Waals surface area contributed by atoms with E-state index in [4.69, 9.17) is 9.72 Å². The molecule has 0 saturated carbocycles. The molecule has 2 aromatic heterocycles. The highest BCUT2D eigenvalue weighted by molar-refractivity contribution is 5.62. The van der Waals surface area contributed by atoms with E-state index in [2.05, 4.69) is 58.9 Å². The van der Waals surface area contributed by atoms with Crippen LogP contribution in [0.3, 0.4) is 0 Å². The number of aromatic nitrogens is 4. The molecule has 0 bridgehead atoms. The number of nitrogens with one attached hydrogen (secondary N) is 1. The summed E-state index contributed by atoms with van der Waals surface area (Å²) in [4.78, 5) is 4.73. The number of hydrogen-bond acceptors (Lipinski definition) is 3. The number of benzene rings is 1. The molecular weight excluding hydrogens is 312 g/mol. The molecule has 1 N–H and O–H groups in total. The molecule has 0 unspecified atom stereocenters. The van der Waals surface area contributed by atoms with Crippen molar-refractivity contribution in [3.63, 3.8) is 0 Å². The summed E-state index contributed by atoms with van der Waals surface area (Å²) < 4.78 is 7.39. The zero-order valence-corrected chi connectivity index (χ0v) is 15.2. The minimum Gasteiger partial charge on any atom is -0.378 e. The molecule has 0 aliphatic heterocycles. The van der Waals surface area contributed by atoms with E-state index in [-0.39, 0.29) is 0 Å². The highest BCUT2D eigenvalue weighted by atomic mass is 16.5. The van der Waals surface area contributed by atoms with E-state index < -0.39 is 0 Å². The minimum absolute atomic E-state index is 0.448. The van der Waals surface area contributed by atoms with Gasteiger partial charge in [0.1, 0.15) is 0 Å². The quantitative estimate of drug-likeness (QED) is 0.663. The van der Waals surface area contributed by atoms with Crippen molar-refractivity contribution >= 4 is 0 Å². The number of nitrogens with zero attached hydrogens (tertiary/aromatic N) is 3. The third-order valence-electron chi connectivity index (χ3n) is 4.43. The summed E-state index contributed by atoms with van der Waals surface area (Å²) in [6, 6.07) is 12.5. The second-order valence-corrected chi connectivity index (χ2v) is 6.48. The van der Waals surface area contributed by atoms with E-state index >= 15 is 0 Å². The number of aromatic amines is 1. The average Bonchev–Trinajstić information content (AvgIpc) is 3.24. The first-order valence-electron chi connectivity index (χ1n) is 8.85. The van der Waals surface area contributed by atoms with Crippen molar-refractivity contribution in [2.45, 2.75) is 45.8 Å². The Kier molecular flexibility index (Phi) is 5.66. The van der Waals surface area contributed by atoms with Gasteiger partial charge in [0.05, 0.1) is 36.6 Å². The molecule has 3 rings (SSSR count). The second-order valence-electron chi connectivity index (χ2n) is 6.48. The van der Waals surface area contributed by atoms with Gasteiger partial charge in [0.25, 0.3) is 0 Å². The van der Waals surface area contributed by atoms with Crippen LogP contribution in [0.15, 0.2) is 42.7 Å². The molecule has 25 heavy (non-hydrogen) atoms. The van der Waals surface area contributed by atoms with Gasteiger partial charge in [0, 0.05) is 18.4 Å². The van der Waals surface area contributed by atoms with Crippen LogP contribution in [0.25, 0.3) is 11.3 Å². The number of methoxy groups -OCH3 is 1. The largest absolute Gasteiger partial charge is 0.378 e. The third kappa shape index (κ3) is 3.99. The van der Waals surface area contributed by atoms with Crippen LogP contribution in [0, 0.1) is 0 Å². The van der Waals surface area contributed by atoms with Crippen molar-refractivity contribution in [1.29, 1.82) is 0 Å². The average molecular weight is 338 g/mol. The highest BCUT2D eigenvalue weighted by Gasteiger charge is 2.19. The lowest BCUT2D eigenvalue weighted by atomic mass is 9.97. The lowest BCUT2D eigenvalue weighted by Gasteiger charge is -2.16. The van der Waals surface area contributed by atoms with E-state index in [0.29, 0.717) is 12.5 Å². The molecule has 0 radical (unpaired) electrons. The Morgan fingerprint density at radius 2 is 2.04 bits per heavy atom. The van der Waals surface area contributed by atoms with E-state index in [9.17, 15) is 0 Å². The van der Waals surface area contributed by atoms with Crippen molar-refractivity contribution < 1.29 is 4.74 Å². The van der Waals surface area contributed by atoms with E-state index in [0.717, 1.165) is 36.5 Å². The Hall–Kier alpha value is -2.40. The topological polar surface area (TPSA) is 55.7 Å². The van der Waals surface area contributed by atoms with Crippen molar-refractivity contribution in [2.24, 2.45) is 0 Å². The van der Waals surface area contributed by atoms with Gasteiger partial charge in [-0.15, -0.1) is 0 Å². The lowest BCUT2D eigenvalue weighted by Crippen LogP contribution is -2.08. The van der Waals surface area contributed by atoms with Crippen molar-refractivity contribution in [3.05, 3.63) is 59.8 Å². The predicted octanol–water partition coefficient (Wildman–Crippen LogP) is 4.37. The van der Waals surface area contributed by atoms with E-state index in [1.54, 1.807) is 7.11 Å². The number of ether oxygens (including phenoxy) is 1. The zero-order chi connectivity index (χ0) is 17.6. The maximum atomic E-state index is 5.15. The Balaban J connectivity index is 1.93. The summed E-state index contributed by atoms with van der Waals surface area (Å²) in [5.41, 5.74) is 5.52. The standard InChI is InChI=1S/C20H26N4O/c1-4-8-15(2)20-19(16-9-6-5-7-10-16)21-14-24(20)12-17-11-18(13-25-3)23-22-17/h5-7,9-11,14-15H,4,8,12-13H2,1-3H3,(H,22,23)/t15-/m1/s1. The molecule has 5 nitrogen and oxygen atoms in total. The smallest absolute Gasteiger partial charge is 0.0959 e. The van der Waals surface area contributed by atoms with Gasteiger partial charge in [-0.3, -0.25) is 5.10 Å². The molecule has 0 fully saturated rings. The first-order chi connectivity index (χ1) is 12.2. The summed E-state index contributed by atoms with van der Waals surface area (Å²) in [6.07, 6.45) is 4.24. The molecule has 0 aliphatic carbocycles. The number of H-pyrrole nitrogens is 1. The van der Waals surface area contributed by atoms with Crippen molar-refractivity contribution in [3.8, 4) is 11.3 Å². The van der Waals surface area contributed by atoms with Gasteiger partial charge in [0.15, 0.2) is 0 Å². The molecule has 2 heterocycles. The Morgan fingerprint density at radius 3 is 2.76 bits per heavy atom. The summed E-state index contributed by atoms with van der Waals surface area (Å²) in [6.45, 7) is 5.77. The Bertz CT molecular complexity index is 791. The van der Waals surface area contributed by atoms with Crippen LogP contribution in [-0.2, 0) is 17.9 Å². The number of hydrogen-bond donors (Lipinski definition) is 1. The molecule has 1 aromatic carbocycles. The highest BCUT2D eigenvalue weighted by Crippen LogP contribution is 2.31. The normalized spacial score (nSPS) is 12.4. The Labute approximate surface area is 149 Å². The molecule has 132 valence electrons. The fourth-order valence-electron chi connectivity index (χ4n) is 3.32. The van der Waals surface area contributed by atoms with Crippen LogP contribution < -0.4 is 0 Å². The SMILES string of the molecule is CCC[C@@H](C)c1c(-c2ccccc2)ncn1Cc1cc(COC)n[nH]1. The molecule has 0 aliphatic rings. The van der Waals surface area contributed by atoms with Crippen LogP contribution in [-0.4, -0.2) is 26.9 Å². The maximum Gasteiger partial charge on any atom is 0.0959 e. The van der Waals surface area contributed by atoms with Gasteiger partial charge in [-0.1, -0.05) is 50.6 Å². The van der Waals surface area contributed by atoms with Crippen LogP contribution in [0.2, 0.25) is 0 Å². The summed E-state index contributed by atoms with van der Waals surface area (Å²) in [7, 11) is 1.68. The molecular formula is C20H26N4O. The third-order valence-corrected chi connectivity index (χ3v) is 4.43. The van der Waals surface area contributed by atoms with E-state index in [1.807, 2.05) is 12.4 Å². The minimum atomic E-state index is 0.448. The maximum absolute atomic E-state index is 5.15. The number of imidazole rings is 1. The fraction of sp³-hybridized carbons (Fsp3) is 0.400. The van der Waals surface area contributed by atoms with Crippen LogP contribution in [0.4, 0.5) is 0 Å². The molecule has 3 aromatic rings. The summed E-state index contributed by atoms with van der Waals surface area (Å²) in [5.74, 6) is 0.448. The van der Waals surface area contributed by atoms with Crippen molar-refractivity contribution in [1.82, 2.24) is 19.7 Å². The molecule has 1 atom stereocenters. The van der Waals surface area contributed by atoms with Crippen molar-refractivity contribution in [2.75, 3.05) is 7.11 Å². The monoisotopic (exact) mass is 338 g/mol. The summed E-state index contributed by atoms with van der Waals surface area (Å²) >= 11 is 0. The first-order valence-corrected chi connectivity index (χ1v) is 8.85. The second kappa shape index (κ2) is 8.12. The molecule has 0 saturated heterocycles. The zero-order valence-electron chi connectivity index (χ0n) is 15.2. The number of rotatable bonds is 8. The van der Waals surface area contributed by atoms with Gasteiger partial charge in [-0.05, 0) is 18.4 Å². The van der Waals surface area contributed by atoms with Gasteiger partial charge in [-0.25, -0.2) is 4.98 Å². The van der Waals surface area contributed by atoms with Gasteiger partial charge in [-0.2, -0.15) is 5.10 Å². The predicted molar refractivity (Wildman–Crippen MR) is 99.4 cm³/mol. The van der Waals surface area contributed by atoms with Gasteiger partial charge in [0.2, 0.25) is 0 Å². The van der Waals surface area contributed by atoms with Gasteiger partial charge >= 0.3 is 0 Å².